The summed E-state index contributed by atoms with van der Waals surface area (Å²) in [4.78, 5) is 14.9. The predicted molar refractivity (Wildman–Crippen MR) is 92.5 cm³/mol. The molecule has 7 heteroatoms. The lowest BCUT2D eigenvalue weighted by atomic mass is 10.2. The number of aromatic nitrogens is 2. The molecule has 2 aromatic rings. The highest BCUT2D eigenvalue weighted by Crippen LogP contribution is 2.37. The molecular formula is C17H20N4O2S. The second-order valence-corrected chi connectivity index (χ2v) is 6.07. The number of nitriles is 1. The van der Waals surface area contributed by atoms with Gasteiger partial charge >= 0.3 is 6.03 Å². The standard InChI is InChI=1S/C17H20N4O2S/c1-5-20(6-2)17(22)21-11-13(10-18)16(19-21)24-15-12(3)8-7-9-14(15)23-4/h7-9,11H,5-6H2,1-4H3. The summed E-state index contributed by atoms with van der Waals surface area (Å²) in [5.74, 6) is 0.716. The van der Waals surface area contributed by atoms with Crippen molar-refractivity contribution in [3.05, 3.63) is 35.5 Å². The van der Waals surface area contributed by atoms with Gasteiger partial charge in [-0.2, -0.15) is 15.0 Å². The van der Waals surface area contributed by atoms with Crippen LogP contribution in [-0.4, -0.2) is 40.9 Å². The summed E-state index contributed by atoms with van der Waals surface area (Å²) in [6.07, 6.45) is 1.48. The molecule has 1 heterocycles. The highest BCUT2D eigenvalue weighted by atomic mass is 32.2. The number of rotatable bonds is 5. The zero-order valence-electron chi connectivity index (χ0n) is 14.2. The van der Waals surface area contributed by atoms with Gasteiger partial charge in [-0.15, -0.1) is 0 Å². The predicted octanol–water partition coefficient (Wildman–Crippen LogP) is 3.53. The van der Waals surface area contributed by atoms with Crippen LogP contribution in [0.4, 0.5) is 4.79 Å². The van der Waals surface area contributed by atoms with Gasteiger partial charge in [-0.25, -0.2) is 4.79 Å². The van der Waals surface area contributed by atoms with Gasteiger partial charge in [-0.05, 0) is 32.4 Å². The van der Waals surface area contributed by atoms with Gasteiger partial charge in [-0.3, -0.25) is 0 Å². The summed E-state index contributed by atoms with van der Waals surface area (Å²) in [5.41, 5.74) is 1.39. The van der Waals surface area contributed by atoms with Gasteiger partial charge in [0.25, 0.3) is 0 Å². The molecule has 0 unspecified atom stereocenters. The SMILES string of the molecule is CCN(CC)C(=O)n1cc(C#N)c(Sc2c(C)cccc2OC)n1. The average Bonchev–Trinajstić information content (AvgIpc) is 3.00. The Hall–Kier alpha value is -2.46. The number of benzene rings is 1. The Morgan fingerprint density at radius 1 is 1.42 bits per heavy atom. The number of hydrogen-bond acceptors (Lipinski definition) is 5. The molecule has 0 N–H and O–H groups in total. The van der Waals surface area contributed by atoms with Gasteiger partial charge in [0.2, 0.25) is 0 Å². The number of amides is 1. The molecule has 6 nitrogen and oxygen atoms in total. The molecule has 0 aliphatic heterocycles. The monoisotopic (exact) mass is 344 g/mol. The van der Waals surface area contributed by atoms with E-state index >= 15 is 0 Å². The summed E-state index contributed by atoms with van der Waals surface area (Å²) < 4.78 is 6.62. The van der Waals surface area contributed by atoms with Crippen molar-refractivity contribution in [1.82, 2.24) is 14.7 Å². The molecule has 1 aromatic heterocycles. The minimum atomic E-state index is -0.236. The van der Waals surface area contributed by atoms with E-state index in [0.717, 1.165) is 10.5 Å². The molecular weight excluding hydrogens is 324 g/mol. The maximum atomic E-state index is 12.4. The van der Waals surface area contributed by atoms with Crippen LogP contribution < -0.4 is 4.74 Å². The summed E-state index contributed by atoms with van der Waals surface area (Å²) >= 11 is 1.33. The van der Waals surface area contributed by atoms with E-state index in [-0.39, 0.29) is 6.03 Å². The molecule has 1 amide bonds. The van der Waals surface area contributed by atoms with Crippen molar-refractivity contribution < 1.29 is 9.53 Å². The minimum absolute atomic E-state index is 0.236. The Morgan fingerprint density at radius 2 is 2.12 bits per heavy atom. The van der Waals surface area contributed by atoms with Crippen molar-refractivity contribution in [2.45, 2.75) is 30.7 Å². The molecule has 0 saturated heterocycles. The zero-order chi connectivity index (χ0) is 17.7. The van der Waals surface area contributed by atoms with E-state index in [0.29, 0.717) is 29.4 Å². The fourth-order valence-corrected chi connectivity index (χ4v) is 3.27. The largest absolute Gasteiger partial charge is 0.496 e. The molecule has 0 bridgehead atoms. The van der Waals surface area contributed by atoms with Crippen molar-refractivity contribution in [2.24, 2.45) is 0 Å². The van der Waals surface area contributed by atoms with Crippen LogP contribution in [0.25, 0.3) is 0 Å². The maximum Gasteiger partial charge on any atom is 0.344 e. The van der Waals surface area contributed by atoms with Crippen LogP contribution in [0.3, 0.4) is 0 Å². The van der Waals surface area contributed by atoms with E-state index in [4.69, 9.17) is 4.74 Å². The van der Waals surface area contributed by atoms with Gasteiger partial charge in [0.1, 0.15) is 22.4 Å². The Morgan fingerprint density at radius 3 is 2.71 bits per heavy atom. The third-order valence-electron chi connectivity index (χ3n) is 3.63. The number of aryl methyl sites for hydroxylation is 1. The molecule has 0 atom stereocenters. The fourth-order valence-electron chi connectivity index (χ4n) is 2.26. The first-order valence-electron chi connectivity index (χ1n) is 7.66. The van der Waals surface area contributed by atoms with Crippen LogP contribution in [0.2, 0.25) is 0 Å². The highest BCUT2D eigenvalue weighted by Gasteiger charge is 2.19. The Bertz CT molecular complexity index is 775. The van der Waals surface area contributed by atoms with Gasteiger partial charge in [-0.1, -0.05) is 23.9 Å². The van der Waals surface area contributed by atoms with Crippen molar-refractivity contribution in [1.29, 1.82) is 5.26 Å². The van der Waals surface area contributed by atoms with Gasteiger partial charge < -0.3 is 9.64 Å². The van der Waals surface area contributed by atoms with Gasteiger partial charge in [0.15, 0.2) is 0 Å². The first-order valence-corrected chi connectivity index (χ1v) is 8.47. The quantitative estimate of drug-likeness (QED) is 0.830. The average molecular weight is 344 g/mol. The third-order valence-corrected chi connectivity index (χ3v) is 4.85. The third kappa shape index (κ3) is 3.54. The molecule has 0 fully saturated rings. The summed E-state index contributed by atoms with van der Waals surface area (Å²) in [5, 5.41) is 14.2. The number of carbonyl (C=O) groups excluding carboxylic acids is 1. The van der Waals surface area contributed by atoms with Crippen LogP contribution in [0, 0.1) is 18.3 Å². The Balaban J connectivity index is 2.39. The molecule has 1 aromatic carbocycles. The Kier molecular flexibility index (Phi) is 5.88. The smallest absolute Gasteiger partial charge is 0.344 e. The lowest BCUT2D eigenvalue weighted by Gasteiger charge is -2.17. The number of methoxy groups -OCH3 is 1. The zero-order valence-corrected chi connectivity index (χ0v) is 15.1. The summed E-state index contributed by atoms with van der Waals surface area (Å²) in [6.45, 7) is 6.96. The molecule has 126 valence electrons. The van der Waals surface area contributed by atoms with E-state index in [1.807, 2.05) is 39.0 Å². The maximum absolute atomic E-state index is 12.4. The van der Waals surface area contributed by atoms with E-state index < -0.39 is 0 Å². The molecule has 0 spiro atoms. The fraction of sp³-hybridized carbons (Fsp3) is 0.353. The normalized spacial score (nSPS) is 10.3. The number of ether oxygens (including phenoxy) is 1. The van der Waals surface area contributed by atoms with E-state index in [1.54, 1.807) is 12.0 Å². The molecule has 0 saturated carbocycles. The number of nitrogens with zero attached hydrogens (tertiary/aromatic N) is 4. The molecule has 0 aliphatic carbocycles. The van der Waals surface area contributed by atoms with E-state index in [1.165, 1.54) is 22.6 Å². The second kappa shape index (κ2) is 7.88. The summed E-state index contributed by atoms with van der Waals surface area (Å²) in [6, 6.07) is 7.61. The molecule has 24 heavy (non-hydrogen) atoms. The van der Waals surface area contributed by atoms with Crippen molar-refractivity contribution in [3.8, 4) is 11.8 Å². The lowest BCUT2D eigenvalue weighted by Crippen LogP contribution is -2.34. The van der Waals surface area contributed by atoms with Crippen molar-refractivity contribution >= 4 is 17.8 Å². The number of hydrogen-bond donors (Lipinski definition) is 0. The lowest BCUT2D eigenvalue weighted by molar-refractivity contribution is 0.201. The summed E-state index contributed by atoms with van der Waals surface area (Å²) in [7, 11) is 1.60. The highest BCUT2D eigenvalue weighted by molar-refractivity contribution is 7.99. The second-order valence-electron chi connectivity index (χ2n) is 5.07. The van der Waals surface area contributed by atoms with Gasteiger partial charge in [0, 0.05) is 13.1 Å². The first kappa shape index (κ1) is 17.9. The van der Waals surface area contributed by atoms with E-state index in [9.17, 15) is 10.1 Å². The van der Waals surface area contributed by atoms with Crippen molar-refractivity contribution in [2.75, 3.05) is 20.2 Å². The van der Waals surface area contributed by atoms with Crippen LogP contribution in [0.15, 0.2) is 34.3 Å². The number of carbonyl (C=O) groups is 1. The molecule has 0 radical (unpaired) electrons. The molecule has 0 aliphatic rings. The first-order chi connectivity index (χ1) is 11.5. The van der Waals surface area contributed by atoms with Crippen LogP contribution in [0.5, 0.6) is 5.75 Å². The Labute approximate surface area is 146 Å². The van der Waals surface area contributed by atoms with E-state index in [2.05, 4.69) is 11.2 Å². The van der Waals surface area contributed by atoms with Gasteiger partial charge in [0.05, 0.1) is 18.2 Å². The van der Waals surface area contributed by atoms with Crippen molar-refractivity contribution in [3.63, 3.8) is 0 Å². The topological polar surface area (TPSA) is 71.2 Å². The van der Waals surface area contributed by atoms with Crippen LogP contribution in [0.1, 0.15) is 25.0 Å². The van der Waals surface area contributed by atoms with Crippen LogP contribution in [-0.2, 0) is 0 Å². The molecule has 2 rings (SSSR count). The minimum Gasteiger partial charge on any atom is -0.496 e. The van der Waals surface area contributed by atoms with Crippen LogP contribution >= 0.6 is 11.8 Å².